The van der Waals surface area contributed by atoms with Crippen molar-refractivity contribution in [2.24, 2.45) is 23.2 Å². The standard InChI is InChI=1S/C22H31BrO/c1-15-4-6-16(7-5-15)17-8-9-18(20(24)14-23)19-10-13-22(21(17)19)11-2-3-12-22/h9,15-17H,2-8,10-14H2,1H3. The van der Waals surface area contributed by atoms with Crippen molar-refractivity contribution in [3.8, 4) is 0 Å². The summed E-state index contributed by atoms with van der Waals surface area (Å²) >= 11 is 3.41. The van der Waals surface area contributed by atoms with Gasteiger partial charge in [-0.15, -0.1) is 0 Å². The first-order chi connectivity index (χ1) is 11.6. The lowest BCUT2D eigenvalue weighted by Gasteiger charge is -2.41. The minimum atomic E-state index is 0.313. The molecule has 2 heteroatoms. The van der Waals surface area contributed by atoms with Gasteiger partial charge in [-0.2, -0.15) is 0 Å². The van der Waals surface area contributed by atoms with Crippen molar-refractivity contribution in [3.05, 3.63) is 22.8 Å². The van der Waals surface area contributed by atoms with Crippen LogP contribution >= 0.6 is 15.9 Å². The first-order valence-electron chi connectivity index (χ1n) is 10.2. The largest absolute Gasteiger partial charge is 0.293 e. The van der Waals surface area contributed by atoms with E-state index < -0.39 is 0 Å². The van der Waals surface area contributed by atoms with Crippen LogP contribution in [0.15, 0.2) is 22.8 Å². The second-order valence-corrected chi connectivity index (χ2v) is 9.48. The molecule has 0 radical (unpaired) electrons. The third kappa shape index (κ3) is 2.77. The number of allylic oxidation sites excluding steroid dienone is 4. The molecule has 1 unspecified atom stereocenters. The fraction of sp³-hybridized carbons (Fsp3) is 0.773. The number of ketones is 1. The van der Waals surface area contributed by atoms with E-state index in [0.717, 1.165) is 29.7 Å². The van der Waals surface area contributed by atoms with Crippen LogP contribution in [0.4, 0.5) is 0 Å². The molecular weight excluding hydrogens is 360 g/mol. The molecule has 0 N–H and O–H groups in total. The topological polar surface area (TPSA) is 17.1 Å². The van der Waals surface area contributed by atoms with Gasteiger partial charge in [0.25, 0.3) is 0 Å². The van der Waals surface area contributed by atoms with Gasteiger partial charge in [0.1, 0.15) is 0 Å². The number of carbonyl (C=O) groups is 1. The van der Waals surface area contributed by atoms with Crippen LogP contribution < -0.4 is 0 Å². The fourth-order valence-electron chi connectivity index (χ4n) is 6.38. The number of hydrogen-bond acceptors (Lipinski definition) is 1. The van der Waals surface area contributed by atoms with E-state index in [-0.39, 0.29) is 0 Å². The maximum absolute atomic E-state index is 12.5. The van der Waals surface area contributed by atoms with Gasteiger partial charge in [-0.1, -0.05) is 60.2 Å². The van der Waals surface area contributed by atoms with Crippen molar-refractivity contribution in [2.45, 2.75) is 77.6 Å². The Morgan fingerprint density at radius 2 is 1.88 bits per heavy atom. The Kier molecular flexibility index (Phi) is 4.79. The molecule has 132 valence electrons. The first-order valence-corrected chi connectivity index (χ1v) is 11.3. The lowest BCUT2D eigenvalue weighted by molar-refractivity contribution is -0.113. The molecule has 0 aromatic carbocycles. The maximum atomic E-state index is 12.5. The van der Waals surface area contributed by atoms with Crippen molar-refractivity contribution in [1.29, 1.82) is 0 Å². The normalized spacial score (nSPS) is 35.2. The van der Waals surface area contributed by atoms with Gasteiger partial charge in [-0.05, 0) is 73.7 Å². The number of rotatable bonds is 3. The molecule has 4 aliphatic rings. The van der Waals surface area contributed by atoms with E-state index in [0.29, 0.717) is 16.5 Å². The molecule has 0 heterocycles. The van der Waals surface area contributed by atoms with E-state index in [1.54, 1.807) is 5.57 Å². The van der Waals surface area contributed by atoms with Crippen LogP contribution in [0.5, 0.6) is 0 Å². The molecule has 0 saturated heterocycles. The fourth-order valence-corrected chi connectivity index (χ4v) is 6.68. The van der Waals surface area contributed by atoms with Gasteiger partial charge >= 0.3 is 0 Å². The maximum Gasteiger partial charge on any atom is 0.173 e. The van der Waals surface area contributed by atoms with Gasteiger partial charge in [0, 0.05) is 5.57 Å². The van der Waals surface area contributed by atoms with E-state index in [1.165, 1.54) is 69.8 Å². The average Bonchev–Trinajstić information content (AvgIpc) is 3.23. The number of hydrogen-bond donors (Lipinski definition) is 0. The van der Waals surface area contributed by atoms with Crippen LogP contribution in [-0.4, -0.2) is 11.1 Å². The molecule has 0 aromatic heterocycles. The Morgan fingerprint density at radius 3 is 2.54 bits per heavy atom. The van der Waals surface area contributed by atoms with Crippen LogP contribution in [0.3, 0.4) is 0 Å². The van der Waals surface area contributed by atoms with Gasteiger partial charge in [0.15, 0.2) is 5.78 Å². The summed E-state index contributed by atoms with van der Waals surface area (Å²) in [4.78, 5) is 12.5. The molecule has 1 nitrogen and oxygen atoms in total. The number of Topliss-reactive ketones (excluding diaryl/α,β-unsaturated/α-hetero) is 1. The Morgan fingerprint density at radius 1 is 1.17 bits per heavy atom. The molecule has 0 amide bonds. The minimum Gasteiger partial charge on any atom is -0.293 e. The van der Waals surface area contributed by atoms with Crippen molar-refractivity contribution < 1.29 is 4.79 Å². The third-order valence-electron chi connectivity index (χ3n) is 7.63. The first kappa shape index (κ1) is 17.1. The molecule has 1 spiro atoms. The molecule has 2 fully saturated rings. The van der Waals surface area contributed by atoms with E-state index in [2.05, 4.69) is 28.9 Å². The summed E-state index contributed by atoms with van der Waals surface area (Å²) < 4.78 is 0. The Bertz CT molecular complexity index is 571. The van der Waals surface area contributed by atoms with Gasteiger partial charge < -0.3 is 0 Å². The molecule has 1 atom stereocenters. The van der Waals surface area contributed by atoms with E-state index in [4.69, 9.17) is 0 Å². The van der Waals surface area contributed by atoms with Gasteiger partial charge in [0.2, 0.25) is 0 Å². The zero-order chi connectivity index (χ0) is 16.7. The predicted octanol–water partition coefficient (Wildman–Crippen LogP) is 6.37. The highest BCUT2D eigenvalue weighted by molar-refractivity contribution is 9.09. The lowest BCUT2D eigenvalue weighted by Crippen LogP contribution is -2.31. The van der Waals surface area contributed by atoms with E-state index >= 15 is 0 Å². The van der Waals surface area contributed by atoms with Crippen LogP contribution in [0, 0.1) is 23.2 Å². The molecular formula is C22H31BrO. The SMILES string of the molecule is CC1CCC(C2CC=C(C(=O)CBr)C3=C2C2(CCCC2)CC3)CC1. The summed E-state index contributed by atoms with van der Waals surface area (Å²) in [6.07, 6.45) is 17.2. The zero-order valence-electron chi connectivity index (χ0n) is 15.1. The van der Waals surface area contributed by atoms with Crippen molar-refractivity contribution in [2.75, 3.05) is 5.33 Å². The van der Waals surface area contributed by atoms with Crippen LogP contribution in [0.1, 0.15) is 77.6 Å². The number of carbonyl (C=O) groups excluding carboxylic acids is 1. The predicted molar refractivity (Wildman–Crippen MR) is 103 cm³/mol. The van der Waals surface area contributed by atoms with Crippen molar-refractivity contribution in [3.63, 3.8) is 0 Å². The number of fused-ring (bicyclic) bond motifs is 1. The van der Waals surface area contributed by atoms with Gasteiger partial charge in [0.05, 0.1) is 5.33 Å². The molecule has 0 bridgehead atoms. The Hall–Kier alpha value is -0.370. The van der Waals surface area contributed by atoms with Gasteiger partial charge in [-0.25, -0.2) is 0 Å². The highest BCUT2D eigenvalue weighted by Gasteiger charge is 2.49. The quantitative estimate of drug-likeness (QED) is 0.511. The second kappa shape index (κ2) is 6.74. The number of halogens is 1. The summed E-state index contributed by atoms with van der Waals surface area (Å²) in [5.74, 6) is 2.86. The Balaban J connectivity index is 1.69. The second-order valence-electron chi connectivity index (χ2n) is 8.92. The molecule has 0 aromatic rings. The molecule has 4 rings (SSSR count). The summed E-state index contributed by atoms with van der Waals surface area (Å²) in [7, 11) is 0. The minimum absolute atomic E-state index is 0.313. The monoisotopic (exact) mass is 390 g/mol. The third-order valence-corrected chi connectivity index (χ3v) is 8.14. The average molecular weight is 391 g/mol. The zero-order valence-corrected chi connectivity index (χ0v) is 16.7. The summed E-state index contributed by atoms with van der Waals surface area (Å²) in [5, 5.41) is 0.480. The Labute approximate surface area is 155 Å². The molecule has 4 aliphatic carbocycles. The van der Waals surface area contributed by atoms with E-state index in [9.17, 15) is 4.79 Å². The highest BCUT2D eigenvalue weighted by Crippen LogP contribution is 2.61. The molecule has 2 saturated carbocycles. The highest BCUT2D eigenvalue weighted by atomic mass is 79.9. The number of alkyl halides is 1. The smallest absolute Gasteiger partial charge is 0.173 e. The van der Waals surface area contributed by atoms with Crippen molar-refractivity contribution in [1.82, 2.24) is 0 Å². The van der Waals surface area contributed by atoms with Crippen molar-refractivity contribution >= 4 is 21.7 Å². The summed E-state index contributed by atoms with van der Waals surface area (Å²) in [6.45, 7) is 2.42. The molecule has 24 heavy (non-hydrogen) atoms. The van der Waals surface area contributed by atoms with E-state index in [1.807, 2.05) is 0 Å². The van der Waals surface area contributed by atoms with Gasteiger partial charge in [-0.3, -0.25) is 4.79 Å². The lowest BCUT2D eigenvalue weighted by atomic mass is 9.63. The van der Waals surface area contributed by atoms with Crippen LogP contribution in [-0.2, 0) is 4.79 Å². The summed E-state index contributed by atoms with van der Waals surface area (Å²) in [5.41, 5.74) is 4.85. The molecule has 0 aliphatic heterocycles. The van der Waals surface area contributed by atoms with Crippen LogP contribution in [0.2, 0.25) is 0 Å². The van der Waals surface area contributed by atoms with Crippen LogP contribution in [0.25, 0.3) is 0 Å². The summed E-state index contributed by atoms with van der Waals surface area (Å²) in [6, 6.07) is 0.